The summed E-state index contributed by atoms with van der Waals surface area (Å²) in [7, 11) is 3.26. The van der Waals surface area contributed by atoms with E-state index in [1.54, 1.807) is 23.9 Å². The molecule has 0 bridgehead atoms. The van der Waals surface area contributed by atoms with Crippen molar-refractivity contribution in [3.8, 4) is 11.5 Å². The molecule has 2 aromatic carbocycles. The molecule has 0 radical (unpaired) electrons. The van der Waals surface area contributed by atoms with Gasteiger partial charge < -0.3 is 14.8 Å². The highest BCUT2D eigenvalue weighted by atomic mass is 79.9. The van der Waals surface area contributed by atoms with Crippen LogP contribution in [0.5, 0.6) is 11.5 Å². The molecule has 3 aliphatic rings. The number of aromatic nitrogens is 2. The molecule has 1 saturated carbocycles. The van der Waals surface area contributed by atoms with Gasteiger partial charge in [0.25, 0.3) is 0 Å². The Kier molecular flexibility index (Phi) is 8.79. The van der Waals surface area contributed by atoms with E-state index < -0.39 is 17.7 Å². The Bertz CT molecular complexity index is 1680. The zero-order valence-electron chi connectivity index (χ0n) is 25.5. The zero-order valence-corrected chi connectivity index (χ0v) is 27.1. The predicted molar refractivity (Wildman–Crippen MR) is 166 cm³/mol. The summed E-state index contributed by atoms with van der Waals surface area (Å²) < 4.78 is 52.7. The molecule has 246 valence electrons. The summed E-state index contributed by atoms with van der Waals surface area (Å²) >= 11 is 2.96. The number of aryl methyl sites for hydroxylation is 1. The fourth-order valence-corrected chi connectivity index (χ4v) is 7.65. The number of imide groups is 1. The van der Waals surface area contributed by atoms with Crippen molar-refractivity contribution in [1.82, 2.24) is 20.0 Å². The Morgan fingerprint density at radius 3 is 2.59 bits per heavy atom. The minimum absolute atomic E-state index is 0.00960. The lowest BCUT2D eigenvalue weighted by molar-refractivity contribution is -0.138. The van der Waals surface area contributed by atoms with E-state index in [0.29, 0.717) is 35.7 Å². The van der Waals surface area contributed by atoms with Crippen molar-refractivity contribution in [3.63, 3.8) is 0 Å². The molecule has 46 heavy (non-hydrogen) atoms. The van der Waals surface area contributed by atoms with Crippen molar-refractivity contribution in [2.75, 3.05) is 38.7 Å². The van der Waals surface area contributed by atoms with Crippen LogP contribution in [0.25, 0.3) is 10.9 Å². The number of hydrogen-bond acceptors (Lipinski definition) is 7. The van der Waals surface area contributed by atoms with Crippen LogP contribution in [0.3, 0.4) is 0 Å². The molecule has 1 atom stereocenters. The lowest BCUT2D eigenvalue weighted by atomic mass is 9.58. The van der Waals surface area contributed by atoms with Crippen LogP contribution in [0.4, 0.5) is 18.9 Å². The van der Waals surface area contributed by atoms with Crippen molar-refractivity contribution in [1.29, 1.82) is 0 Å². The van der Waals surface area contributed by atoms with Crippen molar-refractivity contribution in [3.05, 3.63) is 46.1 Å². The van der Waals surface area contributed by atoms with Crippen LogP contribution in [-0.4, -0.2) is 65.8 Å². The number of halogens is 4. The topological polar surface area (TPSA) is 115 Å². The largest absolute Gasteiger partial charge is 0.493 e. The zero-order chi connectivity index (χ0) is 32.8. The Morgan fingerprint density at radius 2 is 1.91 bits per heavy atom. The SMILES string of the molecule is COc1c(NC(=O)CN2CCC3(CC2)CC(COc2ccc(Br)c(C(F)(F)F)c2)C3)ccc2c(C3CCC(=O)NC3=O)nn(C)c12. The number of nitrogens with one attached hydrogen (secondary N) is 2. The van der Waals surface area contributed by atoms with Crippen LogP contribution in [0.2, 0.25) is 0 Å². The van der Waals surface area contributed by atoms with Crippen molar-refractivity contribution in [2.24, 2.45) is 18.4 Å². The monoisotopic (exact) mass is 705 g/mol. The number of benzene rings is 2. The van der Waals surface area contributed by atoms with Gasteiger partial charge in [-0.05, 0) is 86.9 Å². The third kappa shape index (κ3) is 6.46. The number of anilines is 1. The van der Waals surface area contributed by atoms with Crippen LogP contribution in [0.15, 0.2) is 34.8 Å². The average Bonchev–Trinajstić information content (AvgIpc) is 3.31. The van der Waals surface area contributed by atoms with E-state index in [-0.39, 0.29) is 52.2 Å². The molecule has 2 saturated heterocycles. The summed E-state index contributed by atoms with van der Waals surface area (Å²) in [6, 6.07) is 7.49. The maximum Gasteiger partial charge on any atom is 0.417 e. The van der Waals surface area contributed by atoms with Crippen LogP contribution in [0.1, 0.15) is 55.7 Å². The maximum atomic E-state index is 13.2. The van der Waals surface area contributed by atoms with E-state index in [9.17, 15) is 27.6 Å². The molecule has 1 aromatic heterocycles. The van der Waals surface area contributed by atoms with Gasteiger partial charge in [0, 0.05) is 23.3 Å². The summed E-state index contributed by atoms with van der Waals surface area (Å²) in [4.78, 5) is 39.4. The molecule has 3 amide bonds. The predicted octanol–water partition coefficient (Wildman–Crippen LogP) is 5.39. The number of rotatable bonds is 8. The smallest absolute Gasteiger partial charge is 0.417 e. The first-order chi connectivity index (χ1) is 21.9. The fourth-order valence-electron chi connectivity index (χ4n) is 7.18. The van der Waals surface area contributed by atoms with Crippen LogP contribution in [0, 0.1) is 11.3 Å². The number of methoxy groups -OCH3 is 1. The number of likely N-dealkylation sites (tertiary alicyclic amines) is 1. The van der Waals surface area contributed by atoms with Crippen molar-refractivity contribution in [2.45, 2.75) is 50.6 Å². The molecular formula is C32H35BrF3N5O5. The van der Waals surface area contributed by atoms with Crippen LogP contribution < -0.4 is 20.1 Å². The van der Waals surface area contributed by atoms with E-state index in [1.165, 1.54) is 13.2 Å². The first-order valence-electron chi connectivity index (χ1n) is 15.2. The standard InChI is InChI=1S/C32H35BrF3N5O5/c1-40-28-20(27(39-40)21-5-8-25(42)38-30(21)44)4-7-24(29(28)45-2)37-26(43)16-41-11-9-31(10-12-41)14-18(15-31)17-46-19-3-6-23(33)22(13-19)32(34,35)36/h3-4,6-7,13,18,21H,5,8-12,14-17H2,1-2H3,(H,37,43)(H,38,42,44). The Balaban J connectivity index is 1.01. The van der Waals surface area contributed by atoms with Gasteiger partial charge in [-0.3, -0.25) is 29.3 Å². The molecule has 3 aromatic rings. The summed E-state index contributed by atoms with van der Waals surface area (Å²) in [5.74, 6) is -0.438. The van der Waals surface area contributed by atoms with Crippen LogP contribution >= 0.6 is 15.9 Å². The molecule has 1 spiro atoms. The van der Waals surface area contributed by atoms with Gasteiger partial charge in [-0.25, -0.2) is 0 Å². The highest BCUT2D eigenvalue weighted by Gasteiger charge is 2.46. The van der Waals surface area contributed by atoms with E-state index in [4.69, 9.17) is 9.47 Å². The molecule has 6 rings (SSSR count). The molecule has 3 heterocycles. The summed E-state index contributed by atoms with van der Waals surface area (Å²) in [5, 5.41) is 10.7. The lowest BCUT2D eigenvalue weighted by Crippen LogP contribution is -2.49. The first-order valence-corrected chi connectivity index (χ1v) is 16.0. The molecule has 2 N–H and O–H groups in total. The number of ether oxygens (including phenoxy) is 2. The Hall–Kier alpha value is -3.65. The van der Waals surface area contributed by atoms with E-state index in [2.05, 4.69) is 36.6 Å². The van der Waals surface area contributed by atoms with Gasteiger partial charge in [0.15, 0.2) is 5.75 Å². The Morgan fingerprint density at radius 1 is 1.17 bits per heavy atom. The number of piperidine rings is 2. The number of hydrogen-bond donors (Lipinski definition) is 2. The van der Waals surface area contributed by atoms with Gasteiger partial charge in [-0.2, -0.15) is 18.3 Å². The molecule has 3 fully saturated rings. The molecule has 1 aliphatic carbocycles. The normalized spacial score (nSPS) is 20.4. The number of nitrogens with zero attached hydrogens (tertiary/aromatic N) is 3. The first kappa shape index (κ1) is 32.3. The molecule has 2 aliphatic heterocycles. The third-order valence-electron chi connectivity index (χ3n) is 9.49. The summed E-state index contributed by atoms with van der Waals surface area (Å²) in [6.07, 6.45) is -0.0283. The van der Waals surface area contributed by atoms with Gasteiger partial charge in [-0.15, -0.1) is 0 Å². The average molecular weight is 707 g/mol. The number of carbonyl (C=O) groups is 3. The molecular weight excluding hydrogens is 671 g/mol. The van der Waals surface area contributed by atoms with Gasteiger partial charge in [-0.1, -0.05) is 15.9 Å². The van der Waals surface area contributed by atoms with Crippen LogP contribution in [-0.2, 0) is 27.6 Å². The fraction of sp³-hybridized carbons (Fsp3) is 0.500. The number of amides is 3. The summed E-state index contributed by atoms with van der Waals surface area (Å²) in [5.41, 5.74) is 1.15. The minimum atomic E-state index is -4.45. The van der Waals surface area contributed by atoms with E-state index in [0.717, 1.165) is 50.2 Å². The Labute approximate surface area is 272 Å². The number of alkyl halides is 3. The maximum absolute atomic E-state index is 13.2. The number of carbonyl (C=O) groups excluding carboxylic acids is 3. The highest BCUT2D eigenvalue weighted by Crippen LogP contribution is 2.52. The highest BCUT2D eigenvalue weighted by molar-refractivity contribution is 9.10. The third-order valence-corrected chi connectivity index (χ3v) is 10.2. The van der Waals surface area contributed by atoms with Gasteiger partial charge in [0.1, 0.15) is 11.3 Å². The minimum Gasteiger partial charge on any atom is -0.493 e. The van der Waals surface area contributed by atoms with Crippen molar-refractivity contribution < 1.29 is 37.0 Å². The van der Waals surface area contributed by atoms with Gasteiger partial charge in [0.2, 0.25) is 17.7 Å². The molecule has 14 heteroatoms. The molecule has 10 nitrogen and oxygen atoms in total. The second-order valence-corrected chi connectivity index (χ2v) is 13.5. The second kappa shape index (κ2) is 12.5. The second-order valence-electron chi connectivity index (χ2n) is 12.6. The lowest BCUT2D eigenvalue weighted by Gasteiger charge is -2.52. The quantitative estimate of drug-likeness (QED) is 0.302. The van der Waals surface area contributed by atoms with E-state index in [1.807, 2.05) is 6.07 Å². The number of fused-ring (bicyclic) bond motifs is 1. The van der Waals surface area contributed by atoms with Gasteiger partial charge >= 0.3 is 6.18 Å². The van der Waals surface area contributed by atoms with Gasteiger partial charge in [0.05, 0.1) is 43.1 Å². The summed E-state index contributed by atoms with van der Waals surface area (Å²) in [6.45, 7) is 2.15. The van der Waals surface area contributed by atoms with E-state index >= 15 is 0 Å². The van der Waals surface area contributed by atoms with Crippen molar-refractivity contribution >= 4 is 50.2 Å². The molecule has 1 unspecified atom stereocenters.